The molecular formula is C14H14ClFN2O2S2. The fourth-order valence-corrected chi connectivity index (χ4v) is 4.71. The molecule has 4 nitrogen and oxygen atoms in total. The summed E-state index contributed by atoms with van der Waals surface area (Å²) in [7, 11) is -3.78. The minimum absolute atomic E-state index is 0.0437. The monoisotopic (exact) mass is 360 g/mol. The van der Waals surface area contributed by atoms with Crippen molar-refractivity contribution in [1.82, 2.24) is 9.71 Å². The van der Waals surface area contributed by atoms with Crippen LogP contribution < -0.4 is 4.72 Å². The average Bonchev–Trinajstić information content (AvgIpc) is 3.21. The van der Waals surface area contributed by atoms with Gasteiger partial charge in [-0.1, -0.05) is 11.6 Å². The topological polar surface area (TPSA) is 59.1 Å². The summed E-state index contributed by atoms with van der Waals surface area (Å²) in [5.74, 6) is -0.383. The molecule has 118 valence electrons. The second-order valence-corrected chi connectivity index (χ2v) is 8.71. The smallest absolute Gasteiger partial charge is 0.241 e. The molecule has 2 aromatic rings. The van der Waals surface area contributed by atoms with Crippen molar-refractivity contribution in [2.24, 2.45) is 5.92 Å². The number of nitrogens with zero attached hydrogens (tertiary/aromatic N) is 1. The van der Waals surface area contributed by atoms with Crippen LogP contribution in [0.3, 0.4) is 0 Å². The van der Waals surface area contributed by atoms with E-state index in [1.54, 1.807) is 6.20 Å². The van der Waals surface area contributed by atoms with Gasteiger partial charge in [0.15, 0.2) is 0 Å². The standard InChI is InChI=1S/C14H14ClFN2O2S2/c1-8-7-17-14(21-8)13(9-2-3-9)18-22(19,20)10-4-5-12(16)11(15)6-10/h4-7,9,13,18H,2-3H2,1H3/t13-/m1/s1. The van der Waals surface area contributed by atoms with Crippen molar-refractivity contribution in [1.29, 1.82) is 0 Å². The molecule has 0 bridgehead atoms. The summed E-state index contributed by atoms with van der Waals surface area (Å²) in [6.07, 6.45) is 3.67. The maximum atomic E-state index is 13.2. The number of hydrogen-bond donors (Lipinski definition) is 1. The van der Waals surface area contributed by atoms with Gasteiger partial charge in [0.1, 0.15) is 10.8 Å². The third-order valence-electron chi connectivity index (χ3n) is 3.48. The Balaban J connectivity index is 1.89. The Hall–Kier alpha value is -1.02. The molecule has 1 N–H and O–H groups in total. The molecule has 1 atom stereocenters. The normalized spacial score (nSPS) is 16.7. The number of hydrogen-bond acceptors (Lipinski definition) is 4. The first-order valence-corrected chi connectivity index (χ1v) is 9.44. The van der Waals surface area contributed by atoms with Crippen LogP contribution in [0.15, 0.2) is 29.3 Å². The van der Waals surface area contributed by atoms with Gasteiger partial charge in [-0.25, -0.2) is 22.5 Å². The van der Waals surface area contributed by atoms with Crippen LogP contribution in [0.1, 0.15) is 28.8 Å². The minimum atomic E-state index is -3.78. The SMILES string of the molecule is Cc1cnc([C@H](NS(=O)(=O)c2ccc(F)c(Cl)c2)C2CC2)s1. The fraction of sp³-hybridized carbons (Fsp3) is 0.357. The number of aryl methyl sites for hydroxylation is 1. The molecule has 3 rings (SSSR count). The van der Waals surface area contributed by atoms with Gasteiger partial charge < -0.3 is 0 Å². The van der Waals surface area contributed by atoms with Gasteiger partial charge in [0, 0.05) is 11.1 Å². The van der Waals surface area contributed by atoms with Gasteiger partial charge in [0.05, 0.1) is 16.0 Å². The molecule has 1 aliphatic carbocycles. The zero-order valence-corrected chi connectivity index (χ0v) is 14.1. The Bertz CT molecular complexity index is 803. The third kappa shape index (κ3) is 3.32. The number of sulfonamides is 1. The lowest BCUT2D eigenvalue weighted by atomic mass is 10.2. The number of rotatable bonds is 5. The molecule has 1 aromatic heterocycles. The van der Waals surface area contributed by atoms with Crippen molar-refractivity contribution in [2.75, 3.05) is 0 Å². The van der Waals surface area contributed by atoms with E-state index in [2.05, 4.69) is 9.71 Å². The molecule has 0 unspecified atom stereocenters. The number of thiazole rings is 1. The zero-order chi connectivity index (χ0) is 15.9. The largest absolute Gasteiger partial charge is 0.248 e. The first-order valence-electron chi connectivity index (χ1n) is 6.76. The van der Waals surface area contributed by atoms with Gasteiger partial charge in [-0.05, 0) is 43.9 Å². The molecule has 0 saturated heterocycles. The molecule has 0 amide bonds. The molecule has 8 heteroatoms. The minimum Gasteiger partial charge on any atom is -0.248 e. The molecule has 22 heavy (non-hydrogen) atoms. The van der Waals surface area contributed by atoms with Gasteiger partial charge in [-0.2, -0.15) is 0 Å². The van der Waals surface area contributed by atoms with E-state index in [0.717, 1.165) is 34.9 Å². The predicted molar refractivity (Wildman–Crippen MR) is 84.0 cm³/mol. The Kier molecular flexibility index (Phi) is 4.24. The number of halogens is 2. The summed E-state index contributed by atoms with van der Waals surface area (Å²) in [5, 5.41) is 0.549. The summed E-state index contributed by atoms with van der Waals surface area (Å²) >= 11 is 7.16. The van der Waals surface area contributed by atoms with Crippen LogP contribution in [-0.2, 0) is 10.0 Å². The van der Waals surface area contributed by atoms with Crippen LogP contribution in [0.4, 0.5) is 4.39 Å². The van der Waals surface area contributed by atoms with Crippen LogP contribution in [0, 0.1) is 18.7 Å². The number of benzene rings is 1. The van der Waals surface area contributed by atoms with E-state index in [0.29, 0.717) is 0 Å². The van der Waals surface area contributed by atoms with Gasteiger partial charge in [0.2, 0.25) is 10.0 Å². The molecule has 1 fully saturated rings. The highest BCUT2D eigenvalue weighted by Gasteiger charge is 2.37. The van der Waals surface area contributed by atoms with Crippen molar-refractivity contribution in [3.05, 3.63) is 45.1 Å². The van der Waals surface area contributed by atoms with Crippen molar-refractivity contribution in [2.45, 2.75) is 30.7 Å². The van der Waals surface area contributed by atoms with Gasteiger partial charge >= 0.3 is 0 Å². The molecule has 1 heterocycles. The number of aromatic nitrogens is 1. The Morgan fingerprint density at radius 2 is 2.18 bits per heavy atom. The second kappa shape index (κ2) is 5.88. The van der Waals surface area contributed by atoms with E-state index in [9.17, 15) is 12.8 Å². The molecule has 0 spiro atoms. The summed E-state index contributed by atoms with van der Waals surface area (Å²) in [4.78, 5) is 5.28. The third-order valence-corrected chi connectivity index (χ3v) is 6.21. The fourth-order valence-electron chi connectivity index (χ4n) is 2.17. The first-order chi connectivity index (χ1) is 10.4. The van der Waals surface area contributed by atoms with E-state index in [-0.39, 0.29) is 21.9 Å². The highest BCUT2D eigenvalue weighted by atomic mass is 35.5. The van der Waals surface area contributed by atoms with Crippen molar-refractivity contribution < 1.29 is 12.8 Å². The predicted octanol–water partition coefficient (Wildman–Crippen LogP) is 3.67. The second-order valence-electron chi connectivity index (χ2n) is 5.32. The lowest BCUT2D eigenvalue weighted by Crippen LogP contribution is -2.30. The maximum Gasteiger partial charge on any atom is 0.241 e. The maximum absolute atomic E-state index is 13.2. The van der Waals surface area contributed by atoms with Crippen molar-refractivity contribution in [3.8, 4) is 0 Å². The van der Waals surface area contributed by atoms with Crippen LogP contribution in [-0.4, -0.2) is 13.4 Å². The highest BCUT2D eigenvalue weighted by molar-refractivity contribution is 7.89. The van der Waals surface area contributed by atoms with Crippen molar-refractivity contribution >= 4 is 33.0 Å². The molecule has 1 aromatic carbocycles. The van der Waals surface area contributed by atoms with Gasteiger partial charge in [0.25, 0.3) is 0 Å². The first kappa shape index (κ1) is 15.9. The molecule has 0 aliphatic heterocycles. The van der Waals surface area contributed by atoms with Gasteiger partial charge in [-0.15, -0.1) is 11.3 Å². The van der Waals surface area contributed by atoms with Gasteiger partial charge in [-0.3, -0.25) is 0 Å². The zero-order valence-electron chi connectivity index (χ0n) is 11.7. The van der Waals surface area contributed by atoms with E-state index in [4.69, 9.17) is 11.6 Å². The summed E-state index contributed by atoms with van der Waals surface area (Å²) in [6, 6.07) is 3.04. The van der Waals surface area contributed by atoms with E-state index < -0.39 is 15.8 Å². The molecule has 0 radical (unpaired) electrons. The highest BCUT2D eigenvalue weighted by Crippen LogP contribution is 2.42. The van der Waals surface area contributed by atoms with Crippen LogP contribution in [0.25, 0.3) is 0 Å². The van der Waals surface area contributed by atoms with Crippen LogP contribution in [0.2, 0.25) is 5.02 Å². The summed E-state index contributed by atoms with van der Waals surface area (Å²) in [5.41, 5.74) is 0. The Morgan fingerprint density at radius 1 is 1.45 bits per heavy atom. The lowest BCUT2D eigenvalue weighted by molar-refractivity contribution is 0.527. The van der Waals surface area contributed by atoms with E-state index >= 15 is 0 Å². The molecule has 1 aliphatic rings. The summed E-state index contributed by atoms with van der Waals surface area (Å²) < 4.78 is 40.9. The van der Waals surface area contributed by atoms with E-state index in [1.165, 1.54) is 17.4 Å². The lowest BCUT2D eigenvalue weighted by Gasteiger charge is -2.16. The van der Waals surface area contributed by atoms with E-state index in [1.807, 2.05) is 6.92 Å². The van der Waals surface area contributed by atoms with Crippen LogP contribution >= 0.6 is 22.9 Å². The molecule has 1 saturated carbocycles. The Labute approximate surface area is 137 Å². The quantitative estimate of drug-likeness (QED) is 0.884. The molecular weight excluding hydrogens is 347 g/mol. The summed E-state index contributed by atoms with van der Waals surface area (Å²) in [6.45, 7) is 1.93. The number of nitrogens with one attached hydrogen (secondary N) is 1. The van der Waals surface area contributed by atoms with Crippen molar-refractivity contribution in [3.63, 3.8) is 0 Å². The Morgan fingerprint density at radius 3 is 2.73 bits per heavy atom. The average molecular weight is 361 g/mol. The van der Waals surface area contributed by atoms with Crippen LogP contribution in [0.5, 0.6) is 0 Å².